The largest absolute Gasteiger partial charge is 0.435 e. The van der Waals surface area contributed by atoms with Crippen molar-refractivity contribution in [2.24, 2.45) is 0 Å². The maximum Gasteiger partial charge on any atom is 0.387 e. The Morgan fingerprint density at radius 3 is 1.93 bits per heavy atom. The number of nitrogens with one attached hydrogen (secondary N) is 2. The maximum absolute atomic E-state index is 12.4. The van der Waals surface area contributed by atoms with Crippen LogP contribution in [-0.2, 0) is 0 Å². The lowest BCUT2D eigenvalue weighted by atomic mass is 9.99. The molecule has 3 rings (SSSR count). The van der Waals surface area contributed by atoms with Crippen LogP contribution in [0.25, 0.3) is 0 Å². The van der Waals surface area contributed by atoms with Crippen LogP contribution in [0.15, 0.2) is 84.9 Å². The van der Waals surface area contributed by atoms with Gasteiger partial charge < -0.3 is 15.4 Å². The van der Waals surface area contributed by atoms with E-state index in [1.54, 1.807) is 24.3 Å². The summed E-state index contributed by atoms with van der Waals surface area (Å²) < 4.78 is 29.1. The molecule has 0 radical (unpaired) electrons. The van der Waals surface area contributed by atoms with Gasteiger partial charge in [-0.3, -0.25) is 0 Å². The molecule has 138 valence electrons. The van der Waals surface area contributed by atoms with Crippen molar-refractivity contribution in [3.63, 3.8) is 0 Å². The van der Waals surface area contributed by atoms with E-state index in [-0.39, 0.29) is 11.8 Å². The molecule has 4 nitrogen and oxygen atoms in total. The number of benzene rings is 3. The molecule has 1 unspecified atom stereocenters. The molecular formula is C21H18F2N2O2. The first-order valence-electron chi connectivity index (χ1n) is 8.34. The molecule has 0 aliphatic rings. The molecular weight excluding hydrogens is 350 g/mol. The molecule has 0 bridgehead atoms. The minimum Gasteiger partial charge on any atom is -0.435 e. The molecule has 27 heavy (non-hydrogen) atoms. The number of anilines is 1. The highest BCUT2D eigenvalue weighted by molar-refractivity contribution is 5.89. The van der Waals surface area contributed by atoms with Crippen molar-refractivity contribution >= 4 is 11.7 Å². The fourth-order valence-electron chi connectivity index (χ4n) is 2.67. The lowest BCUT2D eigenvalue weighted by Gasteiger charge is -2.20. The number of para-hydroxylation sites is 1. The first-order chi connectivity index (χ1) is 13.1. The zero-order chi connectivity index (χ0) is 19.1. The molecule has 6 heteroatoms. The zero-order valence-corrected chi connectivity index (χ0v) is 14.3. The molecule has 1 atom stereocenters. The van der Waals surface area contributed by atoms with E-state index in [1.807, 2.05) is 48.5 Å². The van der Waals surface area contributed by atoms with Crippen LogP contribution >= 0.6 is 0 Å². The van der Waals surface area contributed by atoms with Gasteiger partial charge >= 0.3 is 12.6 Å². The van der Waals surface area contributed by atoms with E-state index >= 15 is 0 Å². The number of carbonyl (C=O) groups excluding carboxylic acids is 1. The second kappa shape index (κ2) is 8.80. The highest BCUT2D eigenvalue weighted by Crippen LogP contribution is 2.25. The fraction of sp³-hybridized carbons (Fsp3) is 0.0952. The molecule has 2 amide bonds. The monoisotopic (exact) mass is 368 g/mol. The van der Waals surface area contributed by atoms with Crippen LogP contribution in [-0.4, -0.2) is 12.6 Å². The minimum atomic E-state index is -2.88. The Morgan fingerprint density at radius 2 is 1.33 bits per heavy atom. The van der Waals surface area contributed by atoms with Crippen LogP contribution < -0.4 is 15.4 Å². The second-order valence-corrected chi connectivity index (χ2v) is 5.76. The topological polar surface area (TPSA) is 50.4 Å². The van der Waals surface area contributed by atoms with Crippen LogP contribution in [0.5, 0.6) is 5.75 Å². The minimum absolute atomic E-state index is 0.0642. The maximum atomic E-state index is 12.4. The van der Waals surface area contributed by atoms with Gasteiger partial charge in [-0.05, 0) is 35.4 Å². The summed E-state index contributed by atoms with van der Waals surface area (Å²) in [6.45, 7) is -2.88. The Kier molecular flexibility index (Phi) is 5.99. The smallest absolute Gasteiger partial charge is 0.387 e. The van der Waals surface area contributed by atoms with Crippen LogP contribution in [0.1, 0.15) is 17.2 Å². The number of rotatable bonds is 6. The van der Waals surface area contributed by atoms with Crippen LogP contribution in [0.2, 0.25) is 0 Å². The molecule has 3 aromatic carbocycles. The Hall–Kier alpha value is -3.41. The molecule has 2 N–H and O–H groups in total. The van der Waals surface area contributed by atoms with E-state index in [2.05, 4.69) is 15.4 Å². The quantitative estimate of drug-likeness (QED) is 0.628. The van der Waals surface area contributed by atoms with Gasteiger partial charge in [0.15, 0.2) is 0 Å². The van der Waals surface area contributed by atoms with E-state index < -0.39 is 12.7 Å². The number of carbonyl (C=O) groups is 1. The number of halogens is 2. The first-order valence-corrected chi connectivity index (χ1v) is 8.34. The standard InChI is InChI=1S/C21H18F2N2O2/c22-20(23)27-18-13-11-16(12-14-18)19(15-7-3-1-4-8-15)25-21(26)24-17-9-5-2-6-10-17/h1-14,19-20H,(H2,24,25,26). The van der Waals surface area contributed by atoms with E-state index in [0.29, 0.717) is 5.69 Å². The molecule has 0 fully saturated rings. The summed E-state index contributed by atoms with van der Waals surface area (Å²) in [5.41, 5.74) is 2.27. The van der Waals surface area contributed by atoms with Crippen LogP contribution in [0, 0.1) is 0 Å². The molecule has 0 aromatic heterocycles. The Balaban J connectivity index is 1.80. The Morgan fingerprint density at radius 1 is 0.778 bits per heavy atom. The van der Waals surface area contributed by atoms with Crippen LogP contribution in [0.4, 0.5) is 19.3 Å². The van der Waals surface area contributed by atoms with Crippen molar-refractivity contribution in [3.8, 4) is 5.75 Å². The highest BCUT2D eigenvalue weighted by atomic mass is 19.3. The van der Waals surface area contributed by atoms with Gasteiger partial charge in [0.1, 0.15) is 5.75 Å². The SMILES string of the molecule is O=C(Nc1ccccc1)NC(c1ccccc1)c1ccc(OC(F)F)cc1. The first kappa shape index (κ1) is 18.4. The summed E-state index contributed by atoms with van der Waals surface area (Å²) in [6.07, 6.45) is 0. The number of ether oxygens (including phenoxy) is 1. The Labute approximate surface area is 155 Å². The van der Waals surface area contributed by atoms with E-state index in [4.69, 9.17) is 0 Å². The number of hydrogen-bond donors (Lipinski definition) is 2. The van der Waals surface area contributed by atoms with Crippen molar-refractivity contribution < 1.29 is 18.3 Å². The van der Waals surface area contributed by atoms with Gasteiger partial charge in [-0.2, -0.15) is 8.78 Å². The average Bonchev–Trinajstić information content (AvgIpc) is 2.68. The van der Waals surface area contributed by atoms with Crippen molar-refractivity contribution in [1.82, 2.24) is 5.32 Å². The molecule has 0 saturated heterocycles. The van der Waals surface area contributed by atoms with Gasteiger partial charge in [-0.1, -0.05) is 60.7 Å². The molecule has 0 aliphatic carbocycles. The number of urea groups is 1. The van der Waals surface area contributed by atoms with E-state index in [9.17, 15) is 13.6 Å². The zero-order valence-electron chi connectivity index (χ0n) is 14.3. The van der Waals surface area contributed by atoms with Crippen molar-refractivity contribution in [2.45, 2.75) is 12.7 Å². The number of amides is 2. The van der Waals surface area contributed by atoms with Gasteiger partial charge in [0.2, 0.25) is 0 Å². The van der Waals surface area contributed by atoms with Crippen molar-refractivity contribution in [1.29, 1.82) is 0 Å². The molecule has 0 aliphatic heterocycles. The summed E-state index contributed by atoms with van der Waals surface area (Å²) in [5.74, 6) is 0.0642. The van der Waals surface area contributed by atoms with Crippen LogP contribution in [0.3, 0.4) is 0 Å². The fourth-order valence-corrected chi connectivity index (χ4v) is 2.67. The summed E-state index contributed by atoms with van der Waals surface area (Å²) in [5, 5.41) is 5.69. The van der Waals surface area contributed by atoms with E-state index in [1.165, 1.54) is 12.1 Å². The van der Waals surface area contributed by atoms with E-state index in [0.717, 1.165) is 11.1 Å². The van der Waals surface area contributed by atoms with Crippen molar-refractivity contribution in [3.05, 3.63) is 96.1 Å². The molecule has 0 heterocycles. The second-order valence-electron chi connectivity index (χ2n) is 5.76. The van der Waals surface area contributed by atoms with Crippen molar-refractivity contribution in [2.75, 3.05) is 5.32 Å². The lowest BCUT2D eigenvalue weighted by molar-refractivity contribution is -0.0498. The summed E-state index contributed by atoms with van der Waals surface area (Å²) in [4.78, 5) is 12.4. The predicted octanol–water partition coefficient (Wildman–Crippen LogP) is 5.20. The average molecular weight is 368 g/mol. The third-order valence-corrected chi connectivity index (χ3v) is 3.88. The summed E-state index contributed by atoms with van der Waals surface area (Å²) >= 11 is 0. The highest BCUT2D eigenvalue weighted by Gasteiger charge is 2.17. The third-order valence-electron chi connectivity index (χ3n) is 3.88. The molecule has 0 saturated carbocycles. The molecule has 0 spiro atoms. The van der Waals surface area contributed by atoms with Gasteiger partial charge in [0, 0.05) is 5.69 Å². The summed E-state index contributed by atoms with van der Waals surface area (Å²) in [6, 6.07) is 23.9. The van der Waals surface area contributed by atoms with Gasteiger partial charge in [-0.25, -0.2) is 4.79 Å². The third kappa shape index (κ3) is 5.28. The predicted molar refractivity (Wildman–Crippen MR) is 100.0 cm³/mol. The molecule has 3 aromatic rings. The van der Waals surface area contributed by atoms with Gasteiger partial charge in [-0.15, -0.1) is 0 Å². The van der Waals surface area contributed by atoms with Gasteiger partial charge in [0.25, 0.3) is 0 Å². The summed E-state index contributed by atoms with van der Waals surface area (Å²) in [7, 11) is 0. The number of hydrogen-bond acceptors (Lipinski definition) is 2. The number of alkyl halides is 2. The Bertz CT molecular complexity index is 856. The van der Waals surface area contributed by atoms with Gasteiger partial charge in [0.05, 0.1) is 6.04 Å². The normalized spacial score (nSPS) is 11.7. The lowest BCUT2D eigenvalue weighted by Crippen LogP contribution is -2.33.